The molecule has 0 saturated carbocycles. The smallest absolute Gasteiger partial charge is 0.248 e. The number of nitrogens with zero attached hydrogens (tertiary/aromatic N) is 1. The number of nitrogens with one attached hydrogen (secondary N) is 1. The first-order valence-electron chi connectivity index (χ1n) is 6.81. The lowest BCUT2D eigenvalue weighted by Crippen LogP contribution is -2.08. The fourth-order valence-electron chi connectivity index (χ4n) is 2.17. The Kier molecular flexibility index (Phi) is 4.17. The topological polar surface area (TPSA) is 42.0 Å². The van der Waals surface area contributed by atoms with E-state index in [-0.39, 0.29) is 5.91 Å². The van der Waals surface area contributed by atoms with Crippen LogP contribution >= 0.6 is 11.6 Å². The minimum absolute atomic E-state index is 0.198. The Morgan fingerprint density at radius 1 is 1.09 bits per heavy atom. The van der Waals surface area contributed by atoms with Crippen LogP contribution in [0.4, 0.5) is 5.69 Å². The van der Waals surface area contributed by atoms with Crippen LogP contribution in [0.3, 0.4) is 0 Å². The van der Waals surface area contributed by atoms with Gasteiger partial charge in [-0.2, -0.15) is 0 Å². The molecule has 0 saturated heterocycles. The molecule has 1 aromatic heterocycles. The number of carbonyl (C=O) groups excluding carboxylic acids is 1. The number of carbonyl (C=O) groups is 1. The summed E-state index contributed by atoms with van der Waals surface area (Å²) in [5.74, 6) is -0.198. The number of aromatic nitrogens is 1. The fourth-order valence-corrected chi connectivity index (χ4v) is 2.37. The van der Waals surface area contributed by atoms with Crippen molar-refractivity contribution in [3.63, 3.8) is 0 Å². The number of amides is 1. The van der Waals surface area contributed by atoms with Crippen molar-refractivity contribution < 1.29 is 4.79 Å². The number of halogens is 1. The number of benzene rings is 2. The Labute approximate surface area is 133 Å². The molecule has 3 rings (SSSR count). The molecule has 0 bridgehead atoms. The van der Waals surface area contributed by atoms with E-state index in [2.05, 4.69) is 10.3 Å². The number of hydrogen-bond acceptors (Lipinski definition) is 2. The van der Waals surface area contributed by atoms with Crippen LogP contribution in [-0.2, 0) is 4.79 Å². The maximum atomic E-state index is 12.1. The highest BCUT2D eigenvalue weighted by Crippen LogP contribution is 2.21. The summed E-state index contributed by atoms with van der Waals surface area (Å²) in [6.45, 7) is 0. The summed E-state index contributed by atoms with van der Waals surface area (Å²) in [6.07, 6.45) is 4.94. The molecule has 1 N–H and O–H groups in total. The van der Waals surface area contributed by atoms with Crippen molar-refractivity contribution in [2.75, 3.05) is 5.32 Å². The van der Waals surface area contributed by atoms with Gasteiger partial charge < -0.3 is 5.32 Å². The van der Waals surface area contributed by atoms with Crippen LogP contribution in [-0.4, -0.2) is 10.9 Å². The molecule has 0 fully saturated rings. The second kappa shape index (κ2) is 6.41. The van der Waals surface area contributed by atoms with Gasteiger partial charge in [0.05, 0.1) is 11.2 Å². The molecule has 0 aliphatic carbocycles. The van der Waals surface area contributed by atoms with Crippen molar-refractivity contribution in [3.8, 4) is 0 Å². The number of hydrogen-bond donors (Lipinski definition) is 1. The third-order valence-electron chi connectivity index (χ3n) is 3.18. The van der Waals surface area contributed by atoms with Crippen molar-refractivity contribution in [2.45, 2.75) is 0 Å². The van der Waals surface area contributed by atoms with E-state index in [0.717, 1.165) is 22.2 Å². The second-order valence-corrected chi connectivity index (χ2v) is 5.19. The largest absolute Gasteiger partial charge is 0.322 e. The summed E-state index contributed by atoms with van der Waals surface area (Å²) in [5.41, 5.74) is 2.47. The van der Waals surface area contributed by atoms with Crippen molar-refractivity contribution in [3.05, 3.63) is 77.5 Å². The molecule has 1 amide bonds. The summed E-state index contributed by atoms with van der Waals surface area (Å²) >= 11 is 5.91. The Bertz CT molecular complexity index is 853. The van der Waals surface area contributed by atoms with Crippen LogP contribution in [0, 0.1) is 0 Å². The van der Waals surface area contributed by atoms with Gasteiger partial charge in [0, 0.05) is 22.7 Å². The lowest BCUT2D eigenvalue weighted by atomic mass is 10.1. The van der Waals surface area contributed by atoms with E-state index in [1.54, 1.807) is 24.4 Å². The first-order chi connectivity index (χ1) is 10.7. The van der Waals surface area contributed by atoms with E-state index >= 15 is 0 Å². The normalized spacial score (nSPS) is 11.0. The predicted octanol–water partition coefficient (Wildman–Crippen LogP) is 4.54. The molecule has 0 spiro atoms. The van der Waals surface area contributed by atoms with Gasteiger partial charge in [-0.15, -0.1) is 0 Å². The molecule has 0 atom stereocenters. The zero-order valence-electron chi connectivity index (χ0n) is 11.7. The molecule has 3 aromatic rings. The molecule has 4 heteroatoms. The molecule has 22 heavy (non-hydrogen) atoms. The summed E-state index contributed by atoms with van der Waals surface area (Å²) < 4.78 is 0. The number of fused-ring (bicyclic) bond motifs is 1. The summed E-state index contributed by atoms with van der Waals surface area (Å²) in [5, 5.41) is 4.42. The van der Waals surface area contributed by atoms with Gasteiger partial charge in [0.15, 0.2) is 0 Å². The van der Waals surface area contributed by atoms with Gasteiger partial charge in [-0.05, 0) is 48.0 Å². The Morgan fingerprint density at radius 3 is 2.82 bits per heavy atom. The lowest BCUT2D eigenvalue weighted by Gasteiger charge is -2.06. The quantitative estimate of drug-likeness (QED) is 0.722. The third-order valence-corrected chi connectivity index (χ3v) is 3.41. The van der Waals surface area contributed by atoms with Gasteiger partial charge in [-0.25, -0.2) is 0 Å². The Balaban J connectivity index is 1.79. The fraction of sp³-hybridized carbons (Fsp3) is 0. The minimum Gasteiger partial charge on any atom is -0.322 e. The molecule has 1 heterocycles. The first-order valence-corrected chi connectivity index (χ1v) is 7.18. The second-order valence-electron chi connectivity index (χ2n) is 4.75. The maximum absolute atomic E-state index is 12.1. The van der Waals surface area contributed by atoms with Crippen LogP contribution in [0.25, 0.3) is 17.0 Å². The van der Waals surface area contributed by atoms with E-state index in [4.69, 9.17) is 11.6 Å². The van der Waals surface area contributed by atoms with Crippen LogP contribution in [0.2, 0.25) is 5.02 Å². The molecule has 0 unspecified atom stereocenters. The average Bonchev–Trinajstić information content (AvgIpc) is 2.53. The van der Waals surface area contributed by atoms with Gasteiger partial charge in [-0.3, -0.25) is 9.78 Å². The highest BCUT2D eigenvalue weighted by Gasteiger charge is 2.03. The van der Waals surface area contributed by atoms with Crippen LogP contribution in [0.5, 0.6) is 0 Å². The van der Waals surface area contributed by atoms with E-state index < -0.39 is 0 Å². The molecular weight excluding hydrogens is 296 g/mol. The molecular formula is C18H13ClN2O. The number of pyridine rings is 1. The van der Waals surface area contributed by atoms with Crippen LogP contribution in [0.1, 0.15) is 5.56 Å². The van der Waals surface area contributed by atoms with Gasteiger partial charge >= 0.3 is 0 Å². The van der Waals surface area contributed by atoms with Gasteiger partial charge in [0.1, 0.15) is 0 Å². The average molecular weight is 309 g/mol. The summed E-state index contributed by atoms with van der Waals surface area (Å²) in [7, 11) is 0. The Hall–Kier alpha value is -2.65. The highest BCUT2D eigenvalue weighted by atomic mass is 35.5. The zero-order chi connectivity index (χ0) is 15.4. The summed E-state index contributed by atoms with van der Waals surface area (Å²) in [6, 6.07) is 16.7. The van der Waals surface area contributed by atoms with Gasteiger partial charge in [0.25, 0.3) is 0 Å². The molecule has 3 nitrogen and oxygen atoms in total. The molecule has 0 aliphatic heterocycles. The van der Waals surface area contributed by atoms with E-state index in [1.807, 2.05) is 42.5 Å². The highest BCUT2D eigenvalue weighted by molar-refractivity contribution is 6.30. The number of rotatable bonds is 3. The summed E-state index contributed by atoms with van der Waals surface area (Å²) in [4.78, 5) is 16.3. The SMILES string of the molecule is O=C(/C=C/c1cccc(Cl)c1)Nc1cccc2ncccc12. The van der Waals surface area contributed by atoms with Crippen LogP contribution in [0.15, 0.2) is 66.9 Å². The van der Waals surface area contributed by atoms with E-state index in [9.17, 15) is 4.79 Å². The van der Waals surface area contributed by atoms with Crippen molar-refractivity contribution >= 4 is 40.2 Å². The van der Waals surface area contributed by atoms with Gasteiger partial charge in [-0.1, -0.05) is 29.8 Å². The van der Waals surface area contributed by atoms with Crippen molar-refractivity contribution in [2.24, 2.45) is 0 Å². The van der Waals surface area contributed by atoms with Gasteiger partial charge in [0.2, 0.25) is 5.91 Å². The lowest BCUT2D eigenvalue weighted by molar-refractivity contribution is -0.111. The maximum Gasteiger partial charge on any atom is 0.248 e. The Morgan fingerprint density at radius 2 is 1.95 bits per heavy atom. The monoisotopic (exact) mass is 308 g/mol. The van der Waals surface area contributed by atoms with E-state index in [0.29, 0.717) is 5.02 Å². The van der Waals surface area contributed by atoms with Crippen molar-refractivity contribution in [1.82, 2.24) is 4.98 Å². The molecule has 0 aliphatic rings. The van der Waals surface area contributed by atoms with E-state index in [1.165, 1.54) is 6.08 Å². The third kappa shape index (κ3) is 3.32. The standard InChI is InChI=1S/C18H13ClN2O/c19-14-5-1-4-13(12-14)9-10-18(22)21-17-8-2-7-16-15(17)6-3-11-20-16/h1-12H,(H,21,22)/b10-9+. The molecule has 2 aromatic carbocycles. The zero-order valence-corrected chi connectivity index (χ0v) is 12.4. The number of anilines is 1. The minimum atomic E-state index is -0.198. The molecule has 108 valence electrons. The van der Waals surface area contributed by atoms with Crippen LogP contribution < -0.4 is 5.32 Å². The first kappa shape index (κ1) is 14.3. The van der Waals surface area contributed by atoms with Crippen molar-refractivity contribution in [1.29, 1.82) is 0 Å². The predicted molar refractivity (Wildman–Crippen MR) is 90.9 cm³/mol. The molecule has 0 radical (unpaired) electrons.